The lowest BCUT2D eigenvalue weighted by Crippen LogP contribution is -2.46. The first-order chi connectivity index (χ1) is 15.9. The molecule has 0 spiro atoms. The van der Waals surface area contributed by atoms with Gasteiger partial charge >= 0.3 is 0 Å². The lowest BCUT2D eigenvalue weighted by atomic mass is 10.1. The van der Waals surface area contributed by atoms with E-state index in [0.717, 1.165) is 41.9 Å². The van der Waals surface area contributed by atoms with Gasteiger partial charge in [-0.2, -0.15) is 5.26 Å². The van der Waals surface area contributed by atoms with E-state index in [1.54, 1.807) is 20.0 Å². The van der Waals surface area contributed by atoms with Crippen molar-refractivity contribution in [1.29, 1.82) is 5.26 Å². The van der Waals surface area contributed by atoms with Gasteiger partial charge in [0.2, 0.25) is 0 Å². The first-order valence-electron chi connectivity index (χ1n) is 11.0. The van der Waals surface area contributed by atoms with E-state index in [9.17, 15) is 14.9 Å². The molecule has 5 rings (SSSR count). The van der Waals surface area contributed by atoms with Crippen LogP contribution in [-0.4, -0.2) is 58.0 Å². The Labute approximate surface area is 191 Å². The number of aromatic amines is 1. The number of nitrogens with zero attached hydrogens (tertiary/aromatic N) is 5. The van der Waals surface area contributed by atoms with Gasteiger partial charge in [-0.25, -0.2) is 4.98 Å². The van der Waals surface area contributed by atoms with Gasteiger partial charge in [-0.05, 0) is 42.7 Å². The third kappa shape index (κ3) is 3.62. The predicted molar refractivity (Wildman–Crippen MR) is 124 cm³/mol. The van der Waals surface area contributed by atoms with E-state index >= 15 is 0 Å². The Bertz CT molecular complexity index is 1360. The number of nitrogens with one attached hydrogen (secondary N) is 2. The summed E-state index contributed by atoms with van der Waals surface area (Å²) in [6.45, 7) is 6.34. The Morgan fingerprint density at radius 3 is 2.88 bits per heavy atom. The molecule has 168 valence electrons. The Morgan fingerprint density at radius 1 is 1.30 bits per heavy atom. The van der Waals surface area contributed by atoms with Crippen LogP contribution in [0, 0.1) is 24.2 Å². The van der Waals surface area contributed by atoms with Crippen molar-refractivity contribution in [2.45, 2.75) is 32.5 Å². The zero-order valence-corrected chi connectivity index (χ0v) is 18.8. The minimum atomic E-state index is -0.305. The fraction of sp³-hybridized carbons (Fsp3) is 0.375. The monoisotopic (exact) mass is 443 g/mol. The van der Waals surface area contributed by atoms with Crippen LogP contribution in [0.5, 0.6) is 0 Å². The van der Waals surface area contributed by atoms with E-state index in [1.807, 2.05) is 24.4 Å². The van der Waals surface area contributed by atoms with Crippen molar-refractivity contribution in [3.63, 3.8) is 0 Å². The van der Waals surface area contributed by atoms with Crippen LogP contribution in [0.15, 0.2) is 35.3 Å². The van der Waals surface area contributed by atoms with Crippen LogP contribution in [-0.2, 0) is 6.54 Å². The van der Waals surface area contributed by atoms with E-state index in [0.29, 0.717) is 17.5 Å². The lowest BCUT2D eigenvalue weighted by molar-refractivity contribution is 0.0958. The molecule has 1 saturated heterocycles. The molecule has 33 heavy (non-hydrogen) atoms. The van der Waals surface area contributed by atoms with Gasteiger partial charge in [-0.3, -0.25) is 19.5 Å². The highest BCUT2D eigenvalue weighted by molar-refractivity contribution is 5.92. The number of hydrogen-bond donors (Lipinski definition) is 2. The minimum absolute atomic E-state index is 0.0877. The normalized spacial score (nSPS) is 22.0. The lowest BCUT2D eigenvalue weighted by Gasteiger charge is -2.35. The molecule has 4 heterocycles. The average molecular weight is 444 g/mol. The Morgan fingerprint density at radius 2 is 2.12 bits per heavy atom. The maximum Gasteiger partial charge on any atom is 0.269 e. The van der Waals surface area contributed by atoms with Crippen molar-refractivity contribution in [2.24, 2.45) is 5.92 Å². The summed E-state index contributed by atoms with van der Waals surface area (Å²) < 4.78 is 0. The Hall–Kier alpha value is -3.77. The molecule has 1 amide bonds. The van der Waals surface area contributed by atoms with Crippen molar-refractivity contribution >= 4 is 22.6 Å². The summed E-state index contributed by atoms with van der Waals surface area (Å²) in [4.78, 5) is 40.3. The number of fused-ring (bicyclic) bond motifs is 2. The molecule has 3 aromatic rings. The van der Waals surface area contributed by atoms with Gasteiger partial charge in [0.1, 0.15) is 11.8 Å². The Kier molecular flexibility index (Phi) is 5.10. The number of H-pyrrole nitrogens is 1. The van der Waals surface area contributed by atoms with Gasteiger partial charge < -0.3 is 15.2 Å². The van der Waals surface area contributed by atoms with Crippen LogP contribution < -0.4 is 15.8 Å². The highest BCUT2D eigenvalue weighted by Gasteiger charge is 2.56. The van der Waals surface area contributed by atoms with Gasteiger partial charge in [0.25, 0.3) is 11.5 Å². The number of piperazine rings is 1. The number of aryl methyl sites for hydroxylation is 1. The number of aromatic nitrogens is 3. The highest BCUT2D eigenvalue weighted by Crippen LogP contribution is 2.45. The second-order valence-corrected chi connectivity index (χ2v) is 8.82. The average Bonchev–Trinajstić information content (AvgIpc) is 3.51. The number of carbonyl (C=O) groups excluding carboxylic acids is 1. The number of amides is 1. The number of hydrogen-bond acceptors (Lipinski definition) is 7. The fourth-order valence-electron chi connectivity index (χ4n) is 5.00. The summed E-state index contributed by atoms with van der Waals surface area (Å²) in [5, 5.41) is 12.2. The second-order valence-electron chi connectivity index (χ2n) is 8.82. The smallest absolute Gasteiger partial charge is 0.269 e. The van der Waals surface area contributed by atoms with Gasteiger partial charge in [0, 0.05) is 50.5 Å². The molecular weight excluding hydrogens is 418 g/mol. The van der Waals surface area contributed by atoms with Crippen LogP contribution in [0.4, 0.5) is 5.69 Å². The molecule has 3 unspecified atom stereocenters. The molecule has 2 N–H and O–H groups in total. The predicted octanol–water partition coefficient (Wildman–Crippen LogP) is 1.57. The van der Waals surface area contributed by atoms with Crippen molar-refractivity contribution in [3.8, 4) is 6.07 Å². The second kappa shape index (κ2) is 7.98. The number of rotatable bonds is 4. The summed E-state index contributed by atoms with van der Waals surface area (Å²) in [5.74, 6) is 0.134. The quantitative estimate of drug-likeness (QED) is 0.628. The molecular formula is C24H25N7O2. The molecule has 2 fully saturated rings. The Balaban J connectivity index is 1.36. The molecule has 3 atom stereocenters. The molecule has 2 aliphatic rings. The third-order valence-electron chi connectivity index (χ3n) is 6.77. The summed E-state index contributed by atoms with van der Waals surface area (Å²) >= 11 is 0. The highest BCUT2D eigenvalue weighted by atomic mass is 16.1. The van der Waals surface area contributed by atoms with E-state index in [4.69, 9.17) is 0 Å². The maximum absolute atomic E-state index is 12.0. The van der Waals surface area contributed by atoms with Crippen LogP contribution in [0.3, 0.4) is 0 Å². The van der Waals surface area contributed by atoms with Gasteiger partial charge in [-0.15, -0.1) is 0 Å². The first kappa shape index (κ1) is 21.1. The van der Waals surface area contributed by atoms with Crippen molar-refractivity contribution in [3.05, 3.63) is 63.3 Å². The van der Waals surface area contributed by atoms with Gasteiger partial charge in [0.05, 0.1) is 16.7 Å². The topological polar surface area (TPSA) is 118 Å². The maximum atomic E-state index is 12.0. The molecule has 3 aromatic heterocycles. The third-order valence-corrected chi connectivity index (χ3v) is 6.77. The molecule has 9 nitrogen and oxygen atoms in total. The standard InChI is InChI=1S/C24H25N7O2/c1-13-8-17-18(29-23(13)32)9-15(11-27-17)12-30-6-7-31(22-14(2)21(22)30)20-5-4-16(24(33)26-3)28-19(20)10-25/h4-5,8-9,11,14,21-22H,6-7,12H2,1-3H3,(H,26,33)(H,29,32). The van der Waals surface area contributed by atoms with Crippen molar-refractivity contribution < 1.29 is 4.79 Å². The summed E-state index contributed by atoms with van der Waals surface area (Å²) in [6, 6.07) is 10.1. The summed E-state index contributed by atoms with van der Waals surface area (Å²) in [5.41, 5.74) is 4.47. The van der Waals surface area contributed by atoms with Crippen molar-refractivity contribution in [1.82, 2.24) is 25.2 Å². The molecule has 0 radical (unpaired) electrons. The largest absolute Gasteiger partial charge is 0.363 e. The van der Waals surface area contributed by atoms with Crippen LogP contribution in [0.2, 0.25) is 0 Å². The number of nitriles is 1. The molecule has 0 aromatic carbocycles. The van der Waals surface area contributed by atoms with Gasteiger partial charge in [-0.1, -0.05) is 6.92 Å². The first-order valence-corrected chi connectivity index (χ1v) is 11.0. The minimum Gasteiger partial charge on any atom is -0.363 e. The zero-order valence-electron chi connectivity index (χ0n) is 18.8. The van der Waals surface area contributed by atoms with E-state index in [1.165, 1.54) is 0 Å². The SMILES string of the molecule is CNC(=O)c1ccc(N2CCN(Cc3cnc4cc(C)c(=O)[nH]c4c3)C3C(C)C32)c(C#N)n1. The number of anilines is 1. The van der Waals surface area contributed by atoms with Crippen LogP contribution in [0.1, 0.15) is 34.2 Å². The number of pyridine rings is 3. The van der Waals surface area contributed by atoms with Crippen molar-refractivity contribution in [2.75, 3.05) is 25.0 Å². The molecule has 1 saturated carbocycles. The summed E-state index contributed by atoms with van der Waals surface area (Å²) in [7, 11) is 1.55. The van der Waals surface area contributed by atoms with Crippen LogP contribution in [0.25, 0.3) is 11.0 Å². The zero-order chi connectivity index (χ0) is 23.3. The van der Waals surface area contributed by atoms with E-state index < -0.39 is 0 Å². The molecule has 1 aliphatic carbocycles. The number of carbonyl (C=O) groups is 1. The summed E-state index contributed by atoms with van der Waals surface area (Å²) in [6.07, 6.45) is 1.88. The van der Waals surface area contributed by atoms with E-state index in [-0.39, 0.29) is 28.9 Å². The van der Waals surface area contributed by atoms with Gasteiger partial charge in [0.15, 0.2) is 5.69 Å². The van der Waals surface area contributed by atoms with Crippen LogP contribution >= 0.6 is 0 Å². The molecule has 0 bridgehead atoms. The molecule has 9 heteroatoms. The fourth-order valence-corrected chi connectivity index (χ4v) is 5.00. The van der Waals surface area contributed by atoms with E-state index in [2.05, 4.69) is 43.1 Å². The molecule has 1 aliphatic heterocycles.